The fourth-order valence-electron chi connectivity index (χ4n) is 2.03. The van der Waals surface area contributed by atoms with Gasteiger partial charge in [0.1, 0.15) is 5.82 Å². The molecule has 2 aromatic heterocycles. The first-order chi connectivity index (χ1) is 11.0. The van der Waals surface area contributed by atoms with E-state index in [2.05, 4.69) is 31.2 Å². The summed E-state index contributed by atoms with van der Waals surface area (Å²) in [7, 11) is 0. The van der Waals surface area contributed by atoms with Crippen molar-refractivity contribution in [1.82, 2.24) is 9.97 Å². The van der Waals surface area contributed by atoms with E-state index < -0.39 is 0 Å². The molecule has 2 heterocycles. The number of thiazole rings is 1. The molecule has 3 aromatic rings. The van der Waals surface area contributed by atoms with Crippen LogP contribution in [0.15, 0.2) is 47.2 Å². The molecule has 0 aliphatic carbocycles. The Morgan fingerprint density at radius 1 is 1.26 bits per heavy atom. The highest BCUT2D eigenvalue weighted by Gasteiger charge is 2.13. The number of halogens is 2. The Bertz CT molecular complexity index is 864. The van der Waals surface area contributed by atoms with E-state index in [4.69, 9.17) is 0 Å². The second-order valence-electron chi connectivity index (χ2n) is 4.78. The van der Waals surface area contributed by atoms with E-state index in [-0.39, 0.29) is 11.7 Å². The summed E-state index contributed by atoms with van der Waals surface area (Å²) in [6.45, 7) is 1.91. The molecule has 1 aromatic carbocycles. The second kappa shape index (κ2) is 6.55. The normalized spacial score (nSPS) is 10.6. The summed E-state index contributed by atoms with van der Waals surface area (Å²) in [6, 6.07) is 7.80. The molecular formula is C16H11BrFN3OS. The molecule has 1 N–H and O–H groups in total. The Labute approximate surface area is 144 Å². The van der Waals surface area contributed by atoms with Crippen LogP contribution in [0, 0.1) is 12.7 Å². The third kappa shape index (κ3) is 3.62. The number of rotatable bonds is 3. The van der Waals surface area contributed by atoms with Gasteiger partial charge in [-0.2, -0.15) is 0 Å². The third-order valence-corrected chi connectivity index (χ3v) is 4.42. The number of amides is 1. The third-order valence-electron chi connectivity index (χ3n) is 3.10. The van der Waals surface area contributed by atoms with E-state index >= 15 is 0 Å². The molecule has 0 atom stereocenters. The lowest BCUT2D eigenvalue weighted by molar-refractivity contribution is 0.102. The number of carbonyl (C=O) groups is 1. The maximum absolute atomic E-state index is 13.0. The number of hydrogen-bond donors (Lipinski definition) is 1. The lowest BCUT2D eigenvalue weighted by Crippen LogP contribution is -2.11. The zero-order valence-corrected chi connectivity index (χ0v) is 14.4. The summed E-state index contributed by atoms with van der Waals surface area (Å²) in [5.74, 6) is -0.574. The van der Waals surface area contributed by atoms with Crippen molar-refractivity contribution in [3.8, 4) is 11.3 Å². The predicted octanol–water partition coefficient (Wildman–Crippen LogP) is 4.67. The highest BCUT2D eigenvalue weighted by Crippen LogP contribution is 2.30. The highest BCUT2D eigenvalue weighted by atomic mass is 79.9. The molecule has 0 fully saturated rings. The Balaban J connectivity index is 1.83. The molecule has 0 spiro atoms. The zero-order valence-electron chi connectivity index (χ0n) is 12.0. The molecular weight excluding hydrogens is 381 g/mol. The molecule has 0 saturated heterocycles. The number of anilines is 1. The number of hydrogen-bond acceptors (Lipinski definition) is 4. The summed E-state index contributed by atoms with van der Waals surface area (Å²) >= 11 is 4.65. The van der Waals surface area contributed by atoms with Gasteiger partial charge in [0, 0.05) is 27.3 Å². The number of pyridine rings is 1. The van der Waals surface area contributed by atoms with Gasteiger partial charge in [-0.15, -0.1) is 11.3 Å². The summed E-state index contributed by atoms with van der Waals surface area (Å²) in [6.07, 6.45) is 3.10. The molecule has 4 nitrogen and oxygen atoms in total. The maximum atomic E-state index is 13.0. The highest BCUT2D eigenvalue weighted by molar-refractivity contribution is 9.10. The molecule has 1 amide bonds. The van der Waals surface area contributed by atoms with Crippen LogP contribution < -0.4 is 5.32 Å². The zero-order chi connectivity index (χ0) is 16.4. The lowest BCUT2D eigenvalue weighted by atomic mass is 10.1. The molecule has 0 unspecified atom stereocenters. The van der Waals surface area contributed by atoms with E-state index in [1.165, 1.54) is 29.7 Å². The average molecular weight is 392 g/mol. The molecule has 116 valence electrons. The molecule has 23 heavy (non-hydrogen) atoms. The van der Waals surface area contributed by atoms with Crippen LogP contribution in [0.2, 0.25) is 0 Å². The van der Waals surface area contributed by atoms with Crippen LogP contribution in [0.25, 0.3) is 11.3 Å². The van der Waals surface area contributed by atoms with Gasteiger partial charge in [-0.05, 0) is 53.2 Å². The number of nitrogens with one attached hydrogen (secondary N) is 1. The summed E-state index contributed by atoms with van der Waals surface area (Å²) in [5, 5.41) is 3.25. The molecule has 7 heteroatoms. The van der Waals surface area contributed by atoms with Crippen LogP contribution in [-0.2, 0) is 0 Å². The minimum absolute atomic E-state index is 0.279. The monoisotopic (exact) mass is 391 g/mol. The van der Waals surface area contributed by atoms with Crippen molar-refractivity contribution in [3.63, 3.8) is 0 Å². The summed E-state index contributed by atoms with van der Waals surface area (Å²) < 4.78 is 13.7. The summed E-state index contributed by atoms with van der Waals surface area (Å²) in [4.78, 5) is 21.6. The van der Waals surface area contributed by atoms with Gasteiger partial charge in [0.25, 0.3) is 5.91 Å². The van der Waals surface area contributed by atoms with Gasteiger partial charge in [0.05, 0.1) is 11.3 Å². The fraction of sp³-hybridized carbons (Fsp3) is 0.0625. The van der Waals surface area contributed by atoms with Crippen molar-refractivity contribution in [2.24, 2.45) is 0 Å². The first kappa shape index (κ1) is 15.8. The molecule has 0 aliphatic rings. The number of carbonyl (C=O) groups excluding carboxylic acids is 1. The molecule has 0 radical (unpaired) electrons. The van der Waals surface area contributed by atoms with Crippen LogP contribution in [0.3, 0.4) is 0 Å². The largest absolute Gasteiger partial charge is 0.298 e. The van der Waals surface area contributed by atoms with Crippen molar-refractivity contribution in [2.75, 3.05) is 5.32 Å². The van der Waals surface area contributed by atoms with Crippen molar-refractivity contribution < 1.29 is 9.18 Å². The summed E-state index contributed by atoms with van der Waals surface area (Å²) in [5.41, 5.74) is 1.98. The minimum Gasteiger partial charge on any atom is -0.298 e. The Kier molecular flexibility index (Phi) is 4.49. The van der Waals surface area contributed by atoms with E-state index in [1.807, 2.05) is 6.92 Å². The van der Waals surface area contributed by atoms with Gasteiger partial charge in [0.15, 0.2) is 5.13 Å². The first-order valence-electron chi connectivity index (χ1n) is 6.68. The van der Waals surface area contributed by atoms with Gasteiger partial charge in [0.2, 0.25) is 0 Å². The van der Waals surface area contributed by atoms with Crippen molar-refractivity contribution in [2.45, 2.75) is 6.92 Å². The van der Waals surface area contributed by atoms with Crippen molar-refractivity contribution in [1.29, 1.82) is 0 Å². The first-order valence-corrected chi connectivity index (χ1v) is 8.29. The quantitative estimate of drug-likeness (QED) is 0.705. The topological polar surface area (TPSA) is 54.9 Å². The Hall–Kier alpha value is -2.12. The van der Waals surface area contributed by atoms with Crippen LogP contribution in [-0.4, -0.2) is 15.9 Å². The van der Waals surface area contributed by atoms with Crippen LogP contribution in [0.5, 0.6) is 0 Å². The van der Waals surface area contributed by atoms with Crippen molar-refractivity contribution >= 4 is 38.3 Å². The van der Waals surface area contributed by atoms with Crippen LogP contribution in [0.4, 0.5) is 9.52 Å². The van der Waals surface area contributed by atoms with Crippen LogP contribution in [0.1, 0.15) is 15.2 Å². The van der Waals surface area contributed by atoms with E-state index in [1.54, 1.807) is 24.4 Å². The number of aryl methyl sites for hydroxylation is 1. The molecule has 0 bridgehead atoms. The predicted molar refractivity (Wildman–Crippen MR) is 92.1 cm³/mol. The Morgan fingerprint density at radius 3 is 2.70 bits per heavy atom. The van der Waals surface area contributed by atoms with E-state index in [0.29, 0.717) is 10.7 Å². The van der Waals surface area contributed by atoms with Gasteiger partial charge in [-0.1, -0.05) is 0 Å². The smallest absolute Gasteiger partial charge is 0.259 e. The molecule has 0 aliphatic heterocycles. The number of benzene rings is 1. The van der Waals surface area contributed by atoms with E-state index in [0.717, 1.165) is 20.6 Å². The fourth-order valence-corrected chi connectivity index (χ4v) is 3.23. The maximum Gasteiger partial charge on any atom is 0.259 e. The van der Waals surface area contributed by atoms with Crippen molar-refractivity contribution in [3.05, 3.63) is 63.5 Å². The standard InChI is InChI=1S/C16H11BrFN3OS/c1-9-14(10-2-4-13(18)5-3-10)20-16(23-9)21-15(22)11-6-12(17)8-19-7-11/h2-8H,1H3,(H,20,21,22). The van der Waals surface area contributed by atoms with Gasteiger partial charge >= 0.3 is 0 Å². The van der Waals surface area contributed by atoms with Gasteiger partial charge in [-0.25, -0.2) is 9.37 Å². The lowest BCUT2D eigenvalue weighted by Gasteiger charge is -2.01. The van der Waals surface area contributed by atoms with Gasteiger partial charge in [-0.3, -0.25) is 15.1 Å². The van der Waals surface area contributed by atoms with E-state index in [9.17, 15) is 9.18 Å². The van der Waals surface area contributed by atoms with Crippen LogP contribution >= 0.6 is 27.3 Å². The van der Waals surface area contributed by atoms with Gasteiger partial charge < -0.3 is 0 Å². The SMILES string of the molecule is Cc1sc(NC(=O)c2cncc(Br)c2)nc1-c1ccc(F)cc1. The molecule has 0 saturated carbocycles. The minimum atomic E-state index is -0.294. The number of aromatic nitrogens is 2. The second-order valence-corrected chi connectivity index (χ2v) is 6.90. The number of nitrogens with zero attached hydrogens (tertiary/aromatic N) is 2. The Morgan fingerprint density at radius 2 is 2.00 bits per heavy atom. The molecule has 3 rings (SSSR count). The average Bonchev–Trinajstić information content (AvgIpc) is 2.88.